The highest BCUT2D eigenvalue weighted by Crippen LogP contribution is 2.18. The molecule has 1 aromatic rings. The van der Waals surface area contributed by atoms with Crippen LogP contribution in [-0.4, -0.2) is 42.9 Å². The predicted molar refractivity (Wildman–Crippen MR) is 83.1 cm³/mol. The van der Waals surface area contributed by atoms with Gasteiger partial charge in [-0.15, -0.1) is 0 Å². The van der Waals surface area contributed by atoms with Crippen LogP contribution in [0.2, 0.25) is 0 Å². The molecule has 2 amide bonds. The van der Waals surface area contributed by atoms with Gasteiger partial charge in [-0.25, -0.2) is 0 Å². The van der Waals surface area contributed by atoms with Crippen molar-refractivity contribution >= 4 is 17.5 Å². The van der Waals surface area contributed by atoms with Gasteiger partial charge in [-0.2, -0.15) is 0 Å². The number of carbonyl (C=O) groups is 2. The molecular formula is C16H23N3O2. The molecule has 21 heavy (non-hydrogen) atoms. The smallest absolute Gasteiger partial charge is 0.238 e. The zero-order valence-electron chi connectivity index (χ0n) is 12.7. The molecule has 0 radical (unpaired) electrons. The number of rotatable bonds is 7. The average molecular weight is 289 g/mol. The zero-order chi connectivity index (χ0) is 15.2. The molecule has 0 unspecified atom stereocenters. The van der Waals surface area contributed by atoms with E-state index in [1.54, 1.807) is 11.9 Å². The van der Waals surface area contributed by atoms with Gasteiger partial charge in [0.1, 0.15) is 0 Å². The van der Waals surface area contributed by atoms with Gasteiger partial charge >= 0.3 is 0 Å². The molecule has 5 nitrogen and oxygen atoms in total. The number of nitrogens with zero attached hydrogens (tertiary/aromatic N) is 1. The van der Waals surface area contributed by atoms with Crippen molar-refractivity contribution in [3.05, 3.63) is 29.8 Å². The van der Waals surface area contributed by atoms with Gasteiger partial charge < -0.3 is 10.6 Å². The van der Waals surface area contributed by atoms with Crippen LogP contribution < -0.4 is 10.6 Å². The summed E-state index contributed by atoms with van der Waals surface area (Å²) in [5.41, 5.74) is 1.96. The highest BCUT2D eigenvalue weighted by Gasteiger charge is 2.23. The standard InChI is InChI=1S/C16H23N3O2/c1-3-12-6-4-5-7-14(12)18-16(21)11-19(2)10-15(20)17-13-8-9-13/h4-7,13H,3,8-11H2,1-2H3,(H,17,20)(H,18,21). The third-order valence-electron chi connectivity index (χ3n) is 3.44. The molecule has 1 aliphatic carbocycles. The minimum absolute atomic E-state index is 0.0123. The van der Waals surface area contributed by atoms with Crippen molar-refractivity contribution in [1.82, 2.24) is 10.2 Å². The number of likely N-dealkylation sites (N-methyl/N-ethyl adjacent to an activating group) is 1. The largest absolute Gasteiger partial charge is 0.352 e. The molecule has 0 saturated heterocycles. The molecule has 0 atom stereocenters. The van der Waals surface area contributed by atoms with Crippen LogP contribution in [0.3, 0.4) is 0 Å². The van der Waals surface area contributed by atoms with Crippen LogP contribution in [-0.2, 0) is 16.0 Å². The number of hydrogen-bond acceptors (Lipinski definition) is 3. The van der Waals surface area contributed by atoms with E-state index in [-0.39, 0.29) is 24.9 Å². The molecule has 2 N–H and O–H groups in total. The van der Waals surface area contributed by atoms with E-state index in [0.717, 1.165) is 30.5 Å². The Morgan fingerprint density at radius 2 is 1.86 bits per heavy atom. The summed E-state index contributed by atoms with van der Waals surface area (Å²) in [4.78, 5) is 25.4. The number of para-hydroxylation sites is 1. The fourth-order valence-corrected chi connectivity index (χ4v) is 2.19. The molecule has 1 fully saturated rings. The molecule has 0 spiro atoms. The second-order valence-electron chi connectivity index (χ2n) is 5.57. The molecule has 0 aliphatic heterocycles. The first kappa shape index (κ1) is 15.5. The third kappa shape index (κ3) is 5.19. The van der Waals surface area contributed by atoms with Gasteiger partial charge in [0.05, 0.1) is 13.1 Å². The van der Waals surface area contributed by atoms with Crippen molar-refractivity contribution in [1.29, 1.82) is 0 Å². The summed E-state index contributed by atoms with van der Waals surface area (Å²) in [6.07, 6.45) is 3.02. The van der Waals surface area contributed by atoms with Gasteiger partial charge in [-0.05, 0) is 37.9 Å². The summed E-state index contributed by atoms with van der Waals surface area (Å²) in [7, 11) is 1.78. The highest BCUT2D eigenvalue weighted by molar-refractivity contribution is 5.93. The Hall–Kier alpha value is -1.88. The molecular weight excluding hydrogens is 266 g/mol. The topological polar surface area (TPSA) is 61.4 Å². The van der Waals surface area contributed by atoms with Crippen LogP contribution in [0.1, 0.15) is 25.3 Å². The second-order valence-corrected chi connectivity index (χ2v) is 5.57. The zero-order valence-corrected chi connectivity index (χ0v) is 12.7. The summed E-state index contributed by atoms with van der Waals surface area (Å²) < 4.78 is 0. The van der Waals surface area contributed by atoms with Gasteiger partial charge in [-0.3, -0.25) is 14.5 Å². The Morgan fingerprint density at radius 1 is 1.19 bits per heavy atom. The molecule has 1 aliphatic rings. The van der Waals surface area contributed by atoms with Crippen LogP contribution in [0.25, 0.3) is 0 Å². The Kier molecular flexibility index (Phi) is 5.33. The number of amides is 2. The van der Waals surface area contributed by atoms with E-state index >= 15 is 0 Å². The minimum Gasteiger partial charge on any atom is -0.352 e. The summed E-state index contributed by atoms with van der Waals surface area (Å²) in [6.45, 7) is 2.51. The maximum Gasteiger partial charge on any atom is 0.238 e. The molecule has 114 valence electrons. The van der Waals surface area contributed by atoms with E-state index in [2.05, 4.69) is 17.6 Å². The first-order valence-electron chi connectivity index (χ1n) is 7.44. The lowest BCUT2D eigenvalue weighted by Gasteiger charge is -2.16. The SMILES string of the molecule is CCc1ccccc1NC(=O)CN(C)CC(=O)NC1CC1. The summed E-state index contributed by atoms with van der Waals surface area (Å²) in [5, 5.41) is 5.82. The van der Waals surface area contributed by atoms with E-state index in [1.807, 2.05) is 24.3 Å². The molecule has 2 rings (SSSR count). The third-order valence-corrected chi connectivity index (χ3v) is 3.44. The average Bonchev–Trinajstić information content (AvgIpc) is 3.22. The first-order valence-corrected chi connectivity index (χ1v) is 7.44. The summed E-state index contributed by atoms with van der Waals surface area (Å²) in [6, 6.07) is 8.12. The van der Waals surface area contributed by atoms with Crippen molar-refractivity contribution in [2.24, 2.45) is 0 Å². The van der Waals surface area contributed by atoms with E-state index in [1.165, 1.54) is 0 Å². The van der Waals surface area contributed by atoms with Gasteiger partial charge in [0.25, 0.3) is 0 Å². The van der Waals surface area contributed by atoms with Crippen molar-refractivity contribution < 1.29 is 9.59 Å². The van der Waals surface area contributed by atoms with Gasteiger partial charge in [0.2, 0.25) is 11.8 Å². The molecule has 1 saturated carbocycles. The second kappa shape index (κ2) is 7.22. The number of carbonyl (C=O) groups excluding carboxylic acids is 2. The Morgan fingerprint density at radius 3 is 2.52 bits per heavy atom. The maximum atomic E-state index is 12.0. The van der Waals surface area contributed by atoms with Crippen LogP contribution in [0.15, 0.2) is 24.3 Å². The van der Waals surface area contributed by atoms with Gasteiger partial charge in [-0.1, -0.05) is 25.1 Å². The molecule has 1 aromatic carbocycles. The molecule has 5 heteroatoms. The number of anilines is 1. The van der Waals surface area contributed by atoms with Crippen LogP contribution in [0, 0.1) is 0 Å². The van der Waals surface area contributed by atoms with Crippen molar-refractivity contribution in [3.8, 4) is 0 Å². The van der Waals surface area contributed by atoms with Gasteiger partial charge in [0.15, 0.2) is 0 Å². The first-order chi connectivity index (χ1) is 10.1. The summed E-state index contributed by atoms with van der Waals surface area (Å²) >= 11 is 0. The Bertz CT molecular complexity index is 512. The molecule has 0 heterocycles. The number of hydrogen-bond donors (Lipinski definition) is 2. The lowest BCUT2D eigenvalue weighted by atomic mass is 10.1. The van der Waals surface area contributed by atoms with Crippen LogP contribution >= 0.6 is 0 Å². The maximum absolute atomic E-state index is 12.0. The predicted octanol–water partition coefficient (Wildman–Crippen LogP) is 1.40. The highest BCUT2D eigenvalue weighted by atomic mass is 16.2. The monoisotopic (exact) mass is 289 g/mol. The molecule has 0 aromatic heterocycles. The fourth-order valence-electron chi connectivity index (χ4n) is 2.19. The van der Waals surface area contributed by atoms with Crippen molar-refractivity contribution in [3.63, 3.8) is 0 Å². The Balaban J connectivity index is 1.78. The lowest BCUT2D eigenvalue weighted by Crippen LogP contribution is -2.39. The molecule has 0 bridgehead atoms. The lowest BCUT2D eigenvalue weighted by molar-refractivity contribution is -0.123. The number of aryl methyl sites for hydroxylation is 1. The van der Waals surface area contributed by atoms with E-state index in [9.17, 15) is 9.59 Å². The fraction of sp³-hybridized carbons (Fsp3) is 0.500. The summed E-state index contributed by atoms with van der Waals surface area (Å²) in [5.74, 6) is -0.112. The number of benzene rings is 1. The van der Waals surface area contributed by atoms with E-state index in [0.29, 0.717) is 6.04 Å². The quantitative estimate of drug-likeness (QED) is 0.797. The Labute approximate surface area is 125 Å². The van der Waals surface area contributed by atoms with Crippen molar-refractivity contribution in [2.45, 2.75) is 32.2 Å². The van der Waals surface area contributed by atoms with Crippen molar-refractivity contribution in [2.75, 3.05) is 25.5 Å². The normalized spacial score (nSPS) is 14.0. The van der Waals surface area contributed by atoms with Crippen LogP contribution in [0.4, 0.5) is 5.69 Å². The van der Waals surface area contributed by atoms with E-state index < -0.39 is 0 Å². The van der Waals surface area contributed by atoms with Gasteiger partial charge in [0, 0.05) is 11.7 Å². The number of nitrogens with one attached hydrogen (secondary N) is 2. The van der Waals surface area contributed by atoms with Crippen LogP contribution in [0.5, 0.6) is 0 Å². The minimum atomic E-state index is -0.0994. The van der Waals surface area contributed by atoms with E-state index in [4.69, 9.17) is 0 Å².